The lowest BCUT2D eigenvalue weighted by Gasteiger charge is -2.49. The molecule has 19 heavy (non-hydrogen) atoms. The first-order valence-corrected chi connectivity index (χ1v) is 6.37. The molecule has 1 aliphatic heterocycles. The van der Waals surface area contributed by atoms with Gasteiger partial charge in [-0.05, 0) is 39.1 Å². The lowest BCUT2D eigenvalue weighted by Crippen LogP contribution is -2.67. The number of benzene rings is 1. The zero-order chi connectivity index (χ0) is 14.2. The van der Waals surface area contributed by atoms with Gasteiger partial charge in [0.2, 0.25) is 5.91 Å². The Bertz CT molecular complexity index is 489. The van der Waals surface area contributed by atoms with Crippen molar-refractivity contribution in [3.05, 3.63) is 30.1 Å². The predicted octanol–water partition coefficient (Wildman–Crippen LogP) is 1.21. The van der Waals surface area contributed by atoms with Gasteiger partial charge in [-0.15, -0.1) is 0 Å². The van der Waals surface area contributed by atoms with Gasteiger partial charge in [-0.1, -0.05) is 6.07 Å². The van der Waals surface area contributed by atoms with E-state index in [1.54, 1.807) is 17.0 Å². The number of nitrogens with zero attached hydrogens (tertiary/aromatic N) is 2. The molecule has 1 amide bonds. The van der Waals surface area contributed by atoms with Gasteiger partial charge < -0.3 is 10.6 Å². The second-order valence-electron chi connectivity index (χ2n) is 5.63. The van der Waals surface area contributed by atoms with Crippen molar-refractivity contribution in [3.8, 4) is 0 Å². The summed E-state index contributed by atoms with van der Waals surface area (Å²) in [6, 6.07) is 5.78. The van der Waals surface area contributed by atoms with Crippen LogP contribution in [0, 0.1) is 5.82 Å². The number of anilines is 1. The maximum atomic E-state index is 13.4. The standard InChI is InChI=1S/C14H20FN3O/c1-14(2)9-17(3)12(8-16)13(19)18(14)11-6-4-5-10(15)7-11/h4-7,12H,8-9,16H2,1-3H3. The molecule has 5 heteroatoms. The summed E-state index contributed by atoms with van der Waals surface area (Å²) in [6.07, 6.45) is 0. The monoisotopic (exact) mass is 265 g/mol. The minimum absolute atomic E-state index is 0.0770. The highest BCUT2D eigenvalue weighted by Crippen LogP contribution is 2.30. The molecule has 1 fully saturated rings. The van der Waals surface area contributed by atoms with E-state index in [1.807, 2.05) is 25.8 Å². The van der Waals surface area contributed by atoms with Gasteiger partial charge in [-0.3, -0.25) is 9.69 Å². The Balaban J connectivity index is 2.43. The third-order valence-electron chi connectivity index (χ3n) is 3.57. The minimum Gasteiger partial charge on any atom is -0.328 e. The first-order chi connectivity index (χ1) is 8.86. The van der Waals surface area contributed by atoms with Gasteiger partial charge in [-0.2, -0.15) is 0 Å². The number of halogens is 1. The van der Waals surface area contributed by atoms with Crippen LogP contribution in [0.3, 0.4) is 0 Å². The second-order valence-corrected chi connectivity index (χ2v) is 5.63. The van der Waals surface area contributed by atoms with E-state index in [-0.39, 0.29) is 24.3 Å². The Labute approximate surface area is 113 Å². The van der Waals surface area contributed by atoms with Gasteiger partial charge in [0.1, 0.15) is 11.9 Å². The van der Waals surface area contributed by atoms with E-state index in [9.17, 15) is 9.18 Å². The van der Waals surface area contributed by atoms with Crippen LogP contribution in [0.15, 0.2) is 24.3 Å². The van der Waals surface area contributed by atoms with Gasteiger partial charge in [0.15, 0.2) is 0 Å². The van der Waals surface area contributed by atoms with E-state index in [0.717, 1.165) is 0 Å². The first-order valence-electron chi connectivity index (χ1n) is 6.37. The number of carbonyl (C=O) groups excluding carboxylic acids is 1. The fraction of sp³-hybridized carbons (Fsp3) is 0.500. The van der Waals surface area contributed by atoms with Gasteiger partial charge in [0.25, 0.3) is 0 Å². The normalized spacial score (nSPS) is 23.7. The highest BCUT2D eigenvalue weighted by Gasteiger charge is 2.43. The summed E-state index contributed by atoms with van der Waals surface area (Å²) in [5.74, 6) is -0.420. The molecule has 4 nitrogen and oxygen atoms in total. The lowest BCUT2D eigenvalue weighted by atomic mass is 9.94. The molecule has 1 atom stereocenters. The number of likely N-dealkylation sites (N-methyl/N-ethyl adjacent to an activating group) is 1. The van der Waals surface area contributed by atoms with Crippen LogP contribution in [0.2, 0.25) is 0 Å². The molecule has 1 unspecified atom stereocenters. The molecule has 1 aliphatic rings. The molecule has 0 spiro atoms. The van der Waals surface area contributed by atoms with Crippen molar-refractivity contribution >= 4 is 11.6 Å². The molecule has 1 heterocycles. The van der Waals surface area contributed by atoms with E-state index in [1.165, 1.54) is 12.1 Å². The molecule has 1 saturated heterocycles. The average Bonchev–Trinajstić information content (AvgIpc) is 2.27. The molecule has 0 radical (unpaired) electrons. The summed E-state index contributed by atoms with van der Waals surface area (Å²) >= 11 is 0. The van der Waals surface area contributed by atoms with Gasteiger partial charge in [-0.25, -0.2) is 4.39 Å². The summed E-state index contributed by atoms with van der Waals surface area (Å²) in [4.78, 5) is 16.2. The molecule has 2 N–H and O–H groups in total. The Morgan fingerprint density at radius 2 is 2.16 bits per heavy atom. The number of rotatable bonds is 2. The number of piperazine rings is 1. The van der Waals surface area contributed by atoms with Crippen LogP contribution in [0.4, 0.5) is 10.1 Å². The zero-order valence-corrected chi connectivity index (χ0v) is 11.6. The third-order valence-corrected chi connectivity index (χ3v) is 3.57. The molecule has 104 valence electrons. The maximum Gasteiger partial charge on any atom is 0.246 e. The van der Waals surface area contributed by atoms with E-state index in [2.05, 4.69) is 0 Å². The summed E-state index contributed by atoms with van der Waals surface area (Å²) in [7, 11) is 1.89. The minimum atomic E-state index is -0.398. The molecule has 0 aromatic heterocycles. The van der Waals surface area contributed by atoms with E-state index < -0.39 is 5.54 Å². The Morgan fingerprint density at radius 3 is 2.74 bits per heavy atom. The van der Waals surface area contributed by atoms with Crippen LogP contribution in [-0.2, 0) is 4.79 Å². The van der Waals surface area contributed by atoms with Crippen LogP contribution in [-0.4, -0.2) is 42.5 Å². The van der Waals surface area contributed by atoms with Crippen molar-refractivity contribution in [2.75, 3.05) is 25.0 Å². The zero-order valence-electron chi connectivity index (χ0n) is 11.6. The number of carbonyl (C=O) groups is 1. The van der Waals surface area contributed by atoms with Crippen LogP contribution in [0.25, 0.3) is 0 Å². The molecule has 0 bridgehead atoms. The summed E-state index contributed by atoms with van der Waals surface area (Å²) in [6.45, 7) is 4.90. The number of amides is 1. The van der Waals surface area contributed by atoms with Crippen molar-refractivity contribution in [2.24, 2.45) is 5.73 Å². The summed E-state index contributed by atoms with van der Waals surface area (Å²) < 4.78 is 13.4. The quantitative estimate of drug-likeness (QED) is 0.874. The maximum absolute atomic E-state index is 13.4. The summed E-state index contributed by atoms with van der Waals surface area (Å²) in [5, 5.41) is 0. The molecular weight excluding hydrogens is 245 g/mol. The van der Waals surface area contributed by atoms with E-state index in [0.29, 0.717) is 12.2 Å². The Morgan fingerprint density at radius 1 is 1.47 bits per heavy atom. The summed E-state index contributed by atoms with van der Waals surface area (Å²) in [5.41, 5.74) is 5.87. The number of nitrogens with two attached hydrogens (primary N) is 1. The van der Waals surface area contributed by atoms with Crippen molar-refractivity contribution in [2.45, 2.75) is 25.4 Å². The molecule has 1 aromatic rings. The number of hydrogen-bond acceptors (Lipinski definition) is 3. The molecule has 0 saturated carbocycles. The highest BCUT2D eigenvalue weighted by atomic mass is 19.1. The van der Waals surface area contributed by atoms with Crippen molar-refractivity contribution in [3.63, 3.8) is 0 Å². The first kappa shape index (κ1) is 14.0. The van der Waals surface area contributed by atoms with Gasteiger partial charge in [0, 0.05) is 18.8 Å². The topological polar surface area (TPSA) is 49.6 Å². The highest BCUT2D eigenvalue weighted by molar-refractivity contribution is 5.99. The smallest absolute Gasteiger partial charge is 0.246 e. The molecule has 2 rings (SSSR count). The van der Waals surface area contributed by atoms with Crippen LogP contribution in [0.5, 0.6) is 0 Å². The Kier molecular flexibility index (Phi) is 3.60. The lowest BCUT2D eigenvalue weighted by molar-refractivity contribution is -0.127. The predicted molar refractivity (Wildman–Crippen MR) is 73.4 cm³/mol. The van der Waals surface area contributed by atoms with Crippen molar-refractivity contribution in [1.29, 1.82) is 0 Å². The van der Waals surface area contributed by atoms with E-state index in [4.69, 9.17) is 5.73 Å². The van der Waals surface area contributed by atoms with Gasteiger partial charge >= 0.3 is 0 Å². The van der Waals surface area contributed by atoms with Crippen molar-refractivity contribution < 1.29 is 9.18 Å². The molecular formula is C14H20FN3O. The average molecular weight is 265 g/mol. The third kappa shape index (κ3) is 2.48. The SMILES string of the molecule is CN1CC(C)(C)N(c2cccc(F)c2)C(=O)C1CN. The van der Waals surface area contributed by atoms with Crippen LogP contribution < -0.4 is 10.6 Å². The second kappa shape index (κ2) is 4.90. The van der Waals surface area contributed by atoms with Gasteiger partial charge in [0.05, 0.1) is 5.54 Å². The fourth-order valence-electron chi connectivity index (χ4n) is 2.80. The Hall–Kier alpha value is -1.46. The fourth-order valence-corrected chi connectivity index (χ4v) is 2.80. The van der Waals surface area contributed by atoms with Crippen LogP contribution >= 0.6 is 0 Å². The van der Waals surface area contributed by atoms with E-state index >= 15 is 0 Å². The van der Waals surface area contributed by atoms with Crippen molar-refractivity contribution in [1.82, 2.24) is 4.90 Å². The number of hydrogen-bond donors (Lipinski definition) is 1. The molecule has 0 aliphatic carbocycles. The molecule has 1 aromatic carbocycles. The largest absolute Gasteiger partial charge is 0.328 e. The van der Waals surface area contributed by atoms with Crippen LogP contribution in [0.1, 0.15) is 13.8 Å².